The summed E-state index contributed by atoms with van der Waals surface area (Å²) in [5.74, 6) is 0.609. The van der Waals surface area contributed by atoms with Crippen LogP contribution in [0.15, 0.2) is 18.2 Å². The maximum absolute atomic E-state index is 12.6. The Hall–Kier alpha value is -1.79. The topological polar surface area (TPSA) is 84.7 Å². The largest absolute Gasteiger partial charge is 0.493 e. The Bertz CT molecular complexity index is 618. The molecule has 3 N–H and O–H groups in total. The van der Waals surface area contributed by atoms with Crippen molar-refractivity contribution in [2.45, 2.75) is 44.7 Å². The molecule has 1 aliphatic carbocycles. The summed E-state index contributed by atoms with van der Waals surface area (Å²) >= 11 is 0. The van der Waals surface area contributed by atoms with E-state index >= 15 is 0 Å². The van der Waals surface area contributed by atoms with Gasteiger partial charge in [0.25, 0.3) is 0 Å². The quantitative estimate of drug-likeness (QED) is 0.795. The van der Waals surface area contributed by atoms with Crippen molar-refractivity contribution in [2.24, 2.45) is 5.73 Å². The Morgan fingerprint density at radius 1 is 1.28 bits per heavy atom. The first-order valence-electron chi connectivity index (χ1n) is 8.68. The molecule has 0 spiro atoms. The number of carbonyl (C=O) groups is 2. The summed E-state index contributed by atoms with van der Waals surface area (Å²) in [4.78, 5) is 25.9. The molecule has 0 unspecified atom stereocenters. The van der Waals surface area contributed by atoms with Gasteiger partial charge in [0.15, 0.2) is 0 Å². The van der Waals surface area contributed by atoms with Crippen molar-refractivity contribution in [3.8, 4) is 5.75 Å². The summed E-state index contributed by atoms with van der Waals surface area (Å²) in [6.07, 6.45) is 5.30. The molecule has 1 aliphatic heterocycles. The Labute approximate surface area is 154 Å². The first kappa shape index (κ1) is 19.5. The van der Waals surface area contributed by atoms with E-state index in [1.807, 2.05) is 17.0 Å². The molecule has 7 heteroatoms. The van der Waals surface area contributed by atoms with Gasteiger partial charge in [0.1, 0.15) is 5.75 Å². The fourth-order valence-electron chi connectivity index (χ4n) is 3.52. The van der Waals surface area contributed by atoms with E-state index in [0.29, 0.717) is 6.54 Å². The van der Waals surface area contributed by atoms with Crippen LogP contribution in [0, 0.1) is 0 Å². The van der Waals surface area contributed by atoms with Crippen LogP contribution in [0.2, 0.25) is 0 Å². The average molecular weight is 368 g/mol. The highest BCUT2D eigenvalue weighted by Crippen LogP contribution is 2.29. The van der Waals surface area contributed by atoms with Gasteiger partial charge in [-0.15, -0.1) is 12.4 Å². The van der Waals surface area contributed by atoms with E-state index in [-0.39, 0.29) is 43.4 Å². The van der Waals surface area contributed by atoms with Crippen LogP contribution >= 0.6 is 12.4 Å². The summed E-state index contributed by atoms with van der Waals surface area (Å²) < 4.78 is 5.54. The van der Waals surface area contributed by atoms with Crippen LogP contribution in [0.25, 0.3) is 0 Å². The molecule has 1 fully saturated rings. The van der Waals surface area contributed by atoms with Crippen LogP contribution in [0.3, 0.4) is 0 Å². The second-order valence-corrected chi connectivity index (χ2v) is 6.48. The van der Waals surface area contributed by atoms with Crippen LogP contribution in [-0.2, 0) is 22.6 Å². The van der Waals surface area contributed by atoms with Crippen molar-refractivity contribution >= 4 is 24.2 Å². The third-order valence-corrected chi connectivity index (χ3v) is 4.81. The fourth-order valence-corrected chi connectivity index (χ4v) is 3.52. The van der Waals surface area contributed by atoms with E-state index in [4.69, 9.17) is 10.5 Å². The molecule has 0 aromatic heterocycles. The van der Waals surface area contributed by atoms with Crippen molar-refractivity contribution in [3.63, 3.8) is 0 Å². The lowest BCUT2D eigenvalue weighted by Gasteiger charge is -2.29. The average Bonchev–Trinajstić information content (AvgIpc) is 3.27. The highest BCUT2D eigenvalue weighted by Gasteiger charge is 2.27. The van der Waals surface area contributed by atoms with Crippen LogP contribution < -0.4 is 15.8 Å². The number of hydrogen-bond acceptors (Lipinski definition) is 4. The lowest BCUT2D eigenvalue weighted by atomic mass is 10.1. The first-order chi connectivity index (χ1) is 11.7. The zero-order valence-electron chi connectivity index (χ0n) is 14.3. The number of amides is 2. The molecule has 1 saturated carbocycles. The normalized spacial score (nSPS) is 15.9. The monoisotopic (exact) mass is 367 g/mol. The molecule has 25 heavy (non-hydrogen) atoms. The van der Waals surface area contributed by atoms with Gasteiger partial charge in [0, 0.05) is 19.0 Å². The van der Waals surface area contributed by atoms with Crippen molar-refractivity contribution < 1.29 is 14.3 Å². The Balaban J connectivity index is 0.00000225. The number of rotatable bonds is 6. The van der Waals surface area contributed by atoms with E-state index in [2.05, 4.69) is 11.4 Å². The van der Waals surface area contributed by atoms with Crippen LogP contribution in [0.1, 0.15) is 36.8 Å². The van der Waals surface area contributed by atoms with Gasteiger partial charge in [-0.25, -0.2) is 0 Å². The minimum Gasteiger partial charge on any atom is -0.493 e. The highest BCUT2D eigenvalue weighted by atomic mass is 35.5. The number of nitrogens with two attached hydrogens (primary N) is 1. The molecular formula is C18H26ClN3O3. The summed E-state index contributed by atoms with van der Waals surface area (Å²) in [6.45, 7) is 1.23. The van der Waals surface area contributed by atoms with Crippen LogP contribution in [-0.4, -0.2) is 42.5 Å². The third-order valence-electron chi connectivity index (χ3n) is 4.81. The molecule has 0 atom stereocenters. The number of benzene rings is 1. The maximum Gasteiger partial charge on any atom is 0.242 e. The molecule has 138 valence electrons. The minimum atomic E-state index is -0.301. The highest BCUT2D eigenvalue weighted by molar-refractivity contribution is 5.86. The zero-order valence-corrected chi connectivity index (χ0v) is 15.1. The Kier molecular flexibility index (Phi) is 7.08. The van der Waals surface area contributed by atoms with Crippen molar-refractivity contribution in [1.82, 2.24) is 10.2 Å². The number of nitrogens with zero attached hydrogens (tertiary/aromatic N) is 1. The Morgan fingerprint density at radius 3 is 2.76 bits per heavy atom. The molecule has 0 radical (unpaired) electrons. The summed E-state index contributed by atoms with van der Waals surface area (Å²) in [5, 5.41) is 2.59. The number of nitrogens with one attached hydrogen (secondary N) is 1. The number of fused-ring (bicyclic) bond motifs is 1. The van der Waals surface area contributed by atoms with Gasteiger partial charge >= 0.3 is 0 Å². The maximum atomic E-state index is 12.6. The molecule has 1 aromatic rings. The molecule has 3 rings (SSSR count). The smallest absolute Gasteiger partial charge is 0.242 e. The van der Waals surface area contributed by atoms with Crippen molar-refractivity contribution in [2.75, 3.05) is 19.7 Å². The van der Waals surface area contributed by atoms with Gasteiger partial charge in [-0.3, -0.25) is 9.59 Å². The molecule has 2 aliphatic rings. The zero-order chi connectivity index (χ0) is 16.9. The van der Waals surface area contributed by atoms with E-state index < -0.39 is 0 Å². The number of hydrogen-bond donors (Lipinski definition) is 2. The molecule has 0 bridgehead atoms. The molecule has 1 heterocycles. The first-order valence-corrected chi connectivity index (χ1v) is 8.68. The summed E-state index contributed by atoms with van der Waals surface area (Å²) in [5.41, 5.74) is 7.61. The Morgan fingerprint density at radius 2 is 2.04 bits per heavy atom. The number of halogens is 1. The fraction of sp³-hybridized carbons (Fsp3) is 0.556. The SMILES string of the molecule is Cl.NCC(=O)NCC(=O)N(Cc1ccc2c(c1)CCO2)C1CCCC1. The molecule has 1 aromatic carbocycles. The lowest BCUT2D eigenvalue weighted by Crippen LogP contribution is -2.45. The second kappa shape index (κ2) is 9.06. The van der Waals surface area contributed by atoms with Gasteiger partial charge in [-0.05, 0) is 30.0 Å². The second-order valence-electron chi connectivity index (χ2n) is 6.48. The van der Waals surface area contributed by atoms with Gasteiger partial charge in [0.2, 0.25) is 11.8 Å². The van der Waals surface area contributed by atoms with Gasteiger partial charge < -0.3 is 20.7 Å². The van der Waals surface area contributed by atoms with Crippen LogP contribution in [0.5, 0.6) is 5.75 Å². The van der Waals surface area contributed by atoms with Crippen LogP contribution in [0.4, 0.5) is 0 Å². The molecule has 6 nitrogen and oxygen atoms in total. The predicted octanol–water partition coefficient (Wildman–Crippen LogP) is 1.39. The molecular weight excluding hydrogens is 342 g/mol. The van der Waals surface area contributed by atoms with E-state index in [9.17, 15) is 9.59 Å². The van der Waals surface area contributed by atoms with Crippen molar-refractivity contribution in [3.05, 3.63) is 29.3 Å². The van der Waals surface area contributed by atoms with E-state index in [0.717, 1.165) is 50.0 Å². The predicted molar refractivity (Wildman–Crippen MR) is 97.8 cm³/mol. The van der Waals surface area contributed by atoms with Crippen molar-refractivity contribution in [1.29, 1.82) is 0 Å². The lowest BCUT2D eigenvalue weighted by molar-refractivity contribution is -0.135. The standard InChI is InChI=1S/C18H25N3O3.ClH/c19-10-17(22)20-11-18(23)21(15-3-1-2-4-15)12-13-5-6-16-14(9-13)7-8-24-16;/h5-6,9,15H,1-4,7-8,10-12,19H2,(H,20,22);1H. The van der Waals surface area contributed by atoms with E-state index in [1.54, 1.807) is 0 Å². The van der Waals surface area contributed by atoms with Gasteiger partial charge in [-0.2, -0.15) is 0 Å². The van der Waals surface area contributed by atoms with Gasteiger partial charge in [-0.1, -0.05) is 25.0 Å². The molecule has 0 saturated heterocycles. The summed E-state index contributed by atoms with van der Waals surface area (Å²) in [7, 11) is 0. The summed E-state index contributed by atoms with van der Waals surface area (Å²) in [6, 6.07) is 6.41. The third kappa shape index (κ3) is 4.86. The number of carbonyl (C=O) groups excluding carboxylic acids is 2. The van der Waals surface area contributed by atoms with E-state index in [1.165, 1.54) is 5.56 Å². The number of ether oxygens (including phenoxy) is 1. The minimum absolute atomic E-state index is 0. The molecule has 2 amide bonds. The van der Waals surface area contributed by atoms with Gasteiger partial charge in [0.05, 0.1) is 19.7 Å².